The number of nitrogens with zero attached hydrogens (tertiary/aromatic N) is 6. The van der Waals surface area contributed by atoms with Crippen molar-refractivity contribution in [2.45, 2.75) is 69.3 Å². The maximum atomic E-state index is 14.8. The number of fused-ring (bicyclic) bond motifs is 1. The van der Waals surface area contributed by atoms with E-state index in [1.165, 1.54) is 6.20 Å². The number of carbonyl (C=O) groups is 1. The summed E-state index contributed by atoms with van der Waals surface area (Å²) in [5.74, 6) is -0.461. The van der Waals surface area contributed by atoms with Gasteiger partial charge < -0.3 is 29.4 Å². The maximum Gasteiger partial charge on any atom is 0.406 e. The summed E-state index contributed by atoms with van der Waals surface area (Å²) in [7, 11) is 3.51. The van der Waals surface area contributed by atoms with Crippen LogP contribution in [0.5, 0.6) is 0 Å². The van der Waals surface area contributed by atoms with Crippen molar-refractivity contribution >= 4 is 22.5 Å². The summed E-state index contributed by atoms with van der Waals surface area (Å²) in [6, 6.07) is 6.05. The first-order valence-electron chi connectivity index (χ1n) is 14.6. The third-order valence-corrected chi connectivity index (χ3v) is 8.39. The summed E-state index contributed by atoms with van der Waals surface area (Å²) in [6.45, 7) is -0.451. The molecule has 1 saturated carbocycles. The third-order valence-electron chi connectivity index (χ3n) is 8.39. The molecule has 1 amide bonds. The summed E-state index contributed by atoms with van der Waals surface area (Å²) < 4.78 is 69.5. The van der Waals surface area contributed by atoms with Gasteiger partial charge in [0, 0.05) is 37.5 Å². The Morgan fingerprint density at radius 2 is 2.07 bits per heavy atom. The molecule has 3 aromatic heterocycles. The summed E-state index contributed by atoms with van der Waals surface area (Å²) in [4.78, 5) is 19.0. The molecule has 0 radical (unpaired) electrons. The Kier molecular flexibility index (Phi) is 8.33. The Labute approximate surface area is 250 Å². The first-order valence-corrected chi connectivity index (χ1v) is 14.6. The van der Waals surface area contributed by atoms with E-state index < -0.39 is 30.8 Å². The Morgan fingerprint density at radius 3 is 2.84 bits per heavy atom. The first-order chi connectivity index (χ1) is 21.1. The van der Waals surface area contributed by atoms with E-state index in [-0.39, 0.29) is 42.6 Å². The topological polar surface area (TPSA) is 115 Å². The number of anilines is 1. The predicted molar refractivity (Wildman–Crippen MR) is 153 cm³/mol. The molecule has 11 nitrogen and oxygen atoms in total. The van der Waals surface area contributed by atoms with Gasteiger partial charge in [-0.1, -0.05) is 11.2 Å². The van der Waals surface area contributed by atoms with E-state index in [1.54, 1.807) is 42.3 Å². The number of aromatic nitrogens is 5. The van der Waals surface area contributed by atoms with Gasteiger partial charge in [-0.25, -0.2) is 4.39 Å². The molecule has 6 rings (SSSR count). The van der Waals surface area contributed by atoms with E-state index in [0.717, 1.165) is 23.8 Å². The van der Waals surface area contributed by atoms with Crippen LogP contribution in [0.2, 0.25) is 0 Å². The maximum absolute atomic E-state index is 14.8. The SMILES string of the molecule is CO[C@H]1CCC[C@H]1n1cc(C(=O)NCc2nc(-c3cc4c(N[C@@H]5CCN(C)C[C@@H]5F)cccc4n3CC(F)(F)F)no2)cn1. The normalized spacial score (nSPS) is 23.0. The van der Waals surface area contributed by atoms with Gasteiger partial charge in [0.2, 0.25) is 11.7 Å². The molecule has 1 saturated heterocycles. The number of nitrogens with one attached hydrogen (secondary N) is 2. The second kappa shape index (κ2) is 12.2. The van der Waals surface area contributed by atoms with E-state index in [9.17, 15) is 22.4 Å². The monoisotopic (exact) mass is 618 g/mol. The molecule has 4 heterocycles. The van der Waals surface area contributed by atoms with Crippen LogP contribution in [0.3, 0.4) is 0 Å². The van der Waals surface area contributed by atoms with Crippen LogP contribution in [0.4, 0.5) is 23.2 Å². The lowest BCUT2D eigenvalue weighted by molar-refractivity contribution is -0.139. The summed E-state index contributed by atoms with van der Waals surface area (Å²) in [6.07, 6.45) is 0.911. The summed E-state index contributed by atoms with van der Waals surface area (Å²) in [5, 5.41) is 14.6. The molecule has 4 aromatic rings. The molecule has 1 aliphatic heterocycles. The Bertz CT molecular complexity index is 1620. The number of carbonyl (C=O) groups excluding carboxylic acids is 1. The molecule has 15 heteroatoms. The lowest BCUT2D eigenvalue weighted by Gasteiger charge is -2.33. The van der Waals surface area contributed by atoms with E-state index in [4.69, 9.17) is 9.26 Å². The standard InChI is InChI=1S/C29H34F4N8O3/c1-39-10-9-21(19(30)15-39)36-20-5-3-6-22-18(20)11-24(40(22)16-29(31,32)33)27-37-26(44-38-27)13-34-28(42)17-12-35-41(14-17)23-7-4-8-25(23)43-2/h3,5-6,11-12,14,19,21,23,25,36H,4,7-10,13,15-16H2,1-2H3,(H,34,42)/t19-,21+,23+,25-/m0/s1. The Balaban J connectivity index is 1.21. The number of halogens is 4. The van der Waals surface area contributed by atoms with Gasteiger partial charge in [-0.05, 0) is 50.9 Å². The van der Waals surface area contributed by atoms with E-state index in [1.807, 2.05) is 11.9 Å². The van der Waals surface area contributed by atoms with Crippen molar-refractivity contribution in [3.63, 3.8) is 0 Å². The van der Waals surface area contributed by atoms with Crippen molar-refractivity contribution in [1.29, 1.82) is 0 Å². The minimum atomic E-state index is -4.53. The Hall–Kier alpha value is -3.98. The largest absolute Gasteiger partial charge is 0.406 e. The van der Waals surface area contributed by atoms with Crippen molar-refractivity contribution < 1.29 is 31.6 Å². The van der Waals surface area contributed by atoms with Gasteiger partial charge in [0.15, 0.2) is 0 Å². The molecule has 44 heavy (non-hydrogen) atoms. The van der Waals surface area contributed by atoms with Crippen molar-refractivity contribution in [3.05, 3.63) is 48.1 Å². The molecule has 4 atom stereocenters. The average molecular weight is 619 g/mol. The highest BCUT2D eigenvalue weighted by Gasteiger charge is 2.33. The zero-order chi connectivity index (χ0) is 31.0. The van der Waals surface area contributed by atoms with Gasteiger partial charge in [0.1, 0.15) is 12.7 Å². The molecular formula is C29H34F4N8O3. The van der Waals surface area contributed by atoms with Crippen LogP contribution < -0.4 is 10.6 Å². The lowest BCUT2D eigenvalue weighted by atomic mass is 10.0. The number of methoxy groups -OCH3 is 1. The number of benzene rings is 1. The van der Waals surface area contributed by atoms with Gasteiger partial charge in [-0.15, -0.1) is 0 Å². The minimum Gasteiger partial charge on any atom is -0.379 e. The van der Waals surface area contributed by atoms with Crippen LogP contribution >= 0.6 is 0 Å². The highest BCUT2D eigenvalue weighted by atomic mass is 19.4. The van der Waals surface area contributed by atoms with Gasteiger partial charge >= 0.3 is 6.18 Å². The fraction of sp³-hybridized carbons (Fsp3) is 0.517. The molecule has 0 spiro atoms. The zero-order valence-electron chi connectivity index (χ0n) is 24.4. The van der Waals surface area contributed by atoms with E-state index >= 15 is 0 Å². The smallest absolute Gasteiger partial charge is 0.379 e. The zero-order valence-corrected chi connectivity index (χ0v) is 24.4. The Morgan fingerprint density at radius 1 is 1.23 bits per heavy atom. The number of hydrogen-bond donors (Lipinski definition) is 2. The second-order valence-electron chi connectivity index (χ2n) is 11.5. The van der Waals surface area contributed by atoms with Gasteiger partial charge in [-0.2, -0.15) is 23.3 Å². The van der Waals surface area contributed by atoms with Gasteiger partial charge in [0.25, 0.3) is 5.91 Å². The number of rotatable bonds is 9. The molecular weight excluding hydrogens is 584 g/mol. The molecule has 2 fully saturated rings. The molecule has 2 aliphatic rings. The fourth-order valence-corrected chi connectivity index (χ4v) is 6.17. The van der Waals surface area contributed by atoms with Crippen LogP contribution in [-0.4, -0.2) is 87.0 Å². The number of hydrogen-bond acceptors (Lipinski definition) is 8. The third kappa shape index (κ3) is 6.29. The van der Waals surface area contributed by atoms with Crippen LogP contribution in [-0.2, 0) is 17.8 Å². The molecule has 2 N–H and O–H groups in total. The summed E-state index contributed by atoms with van der Waals surface area (Å²) >= 11 is 0. The van der Waals surface area contributed by atoms with Crippen molar-refractivity contribution in [2.75, 3.05) is 32.6 Å². The molecule has 1 aliphatic carbocycles. The van der Waals surface area contributed by atoms with Crippen LogP contribution in [0.1, 0.15) is 48.0 Å². The number of amides is 1. The van der Waals surface area contributed by atoms with E-state index in [0.29, 0.717) is 35.1 Å². The number of alkyl halides is 4. The van der Waals surface area contributed by atoms with Crippen LogP contribution in [0, 0.1) is 0 Å². The summed E-state index contributed by atoms with van der Waals surface area (Å²) in [5.41, 5.74) is 1.24. The quantitative estimate of drug-likeness (QED) is 0.262. The van der Waals surface area contributed by atoms with Crippen molar-refractivity contribution in [2.24, 2.45) is 0 Å². The fourth-order valence-electron chi connectivity index (χ4n) is 6.17. The lowest BCUT2D eigenvalue weighted by Crippen LogP contribution is -2.46. The highest BCUT2D eigenvalue weighted by molar-refractivity contribution is 5.96. The molecule has 1 aromatic carbocycles. The van der Waals surface area contributed by atoms with Crippen LogP contribution in [0.25, 0.3) is 22.4 Å². The average Bonchev–Trinajstić information content (AvgIpc) is 3.78. The predicted octanol–water partition coefficient (Wildman–Crippen LogP) is 4.57. The van der Waals surface area contributed by atoms with Crippen LogP contribution in [0.15, 0.2) is 41.2 Å². The number of ether oxygens (including phenoxy) is 1. The number of piperidine rings is 1. The second-order valence-corrected chi connectivity index (χ2v) is 11.5. The minimum absolute atomic E-state index is 0.0183. The molecule has 0 unspecified atom stereocenters. The molecule has 0 bridgehead atoms. The van der Waals surface area contributed by atoms with Gasteiger partial charge in [-0.3, -0.25) is 9.48 Å². The van der Waals surface area contributed by atoms with Gasteiger partial charge in [0.05, 0.1) is 47.7 Å². The number of likely N-dealkylation sites (tertiary alicyclic amines) is 1. The first kappa shape index (κ1) is 30.1. The highest BCUT2D eigenvalue weighted by Crippen LogP contribution is 2.35. The van der Waals surface area contributed by atoms with Crippen molar-refractivity contribution in [3.8, 4) is 11.5 Å². The molecule has 236 valence electrons. The van der Waals surface area contributed by atoms with E-state index in [2.05, 4.69) is 25.9 Å². The van der Waals surface area contributed by atoms with Crippen molar-refractivity contribution in [1.82, 2.24) is 34.7 Å².